The summed E-state index contributed by atoms with van der Waals surface area (Å²) in [4.78, 5) is 28.4. The lowest BCUT2D eigenvalue weighted by Gasteiger charge is -2.20. The number of anilines is 1. The van der Waals surface area contributed by atoms with Gasteiger partial charge in [-0.2, -0.15) is 0 Å². The summed E-state index contributed by atoms with van der Waals surface area (Å²) in [5, 5.41) is 3.76. The number of esters is 1. The van der Waals surface area contributed by atoms with E-state index in [1.54, 1.807) is 12.1 Å². The molecule has 1 atom stereocenters. The molecular weight excluding hydrogens is 336 g/mol. The Kier molecular flexibility index (Phi) is 5.74. The average molecular weight is 353 g/mol. The molecule has 0 aliphatic heterocycles. The lowest BCUT2D eigenvalue weighted by molar-refractivity contribution is -0.118. The number of aromatic nitrogens is 1. The first kappa shape index (κ1) is 17.4. The van der Waals surface area contributed by atoms with E-state index in [4.69, 9.17) is 11.6 Å². The number of methoxy groups -OCH3 is 1. The summed E-state index contributed by atoms with van der Waals surface area (Å²) in [7, 11) is 1.30. The number of carbonyl (C=O) groups is 2. The van der Waals surface area contributed by atoms with E-state index in [0.29, 0.717) is 15.0 Å². The molecule has 0 saturated carbocycles. The molecule has 1 heterocycles. The molecule has 0 radical (unpaired) electrons. The van der Waals surface area contributed by atoms with E-state index in [1.165, 1.54) is 13.3 Å². The molecule has 7 heteroatoms. The van der Waals surface area contributed by atoms with Gasteiger partial charge >= 0.3 is 5.97 Å². The number of benzene rings is 1. The van der Waals surface area contributed by atoms with E-state index in [9.17, 15) is 9.59 Å². The van der Waals surface area contributed by atoms with Crippen LogP contribution in [0.15, 0.2) is 30.5 Å². The fraction of sp³-hybridized carbons (Fsp3) is 0.312. The summed E-state index contributed by atoms with van der Waals surface area (Å²) < 4.78 is 4.63. The van der Waals surface area contributed by atoms with E-state index in [0.717, 1.165) is 16.9 Å². The third-order valence-corrected chi connectivity index (χ3v) is 4.45. The third-order valence-electron chi connectivity index (χ3n) is 3.30. The molecule has 5 nitrogen and oxygen atoms in total. The Balaban J connectivity index is 2.17. The van der Waals surface area contributed by atoms with Crippen LogP contribution in [0, 0.1) is 5.92 Å². The number of thiazole rings is 1. The summed E-state index contributed by atoms with van der Waals surface area (Å²) in [6.07, 6.45) is 1.39. The smallest absolute Gasteiger partial charge is 0.349 e. The van der Waals surface area contributed by atoms with Gasteiger partial charge in [0.1, 0.15) is 4.88 Å². The molecule has 2 rings (SSSR count). The zero-order valence-corrected chi connectivity index (χ0v) is 14.6. The lowest BCUT2D eigenvalue weighted by atomic mass is 9.88. The fourth-order valence-electron chi connectivity index (χ4n) is 2.22. The normalized spacial score (nSPS) is 12.0. The van der Waals surface area contributed by atoms with Gasteiger partial charge in [0.25, 0.3) is 0 Å². The van der Waals surface area contributed by atoms with Crippen LogP contribution in [0.3, 0.4) is 0 Å². The van der Waals surface area contributed by atoms with Gasteiger partial charge in [0.05, 0.1) is 19.2 Å². The van der Waals surface area contributed by atoms with Crippen molar-refractivity contribution in [3.8, 4) is 0 Å². The Labute approximate surface area is 143 Å². The molecule has 0 spiro atoms. The van der Waals surface area contributed by atoms with Crippen molar-refractivity contribution in [3.63, 3.8) is 0 Å². The standard InChI is InChI=1S/C16H17ClN2O3S/c1-9(2)13(10-4-6-11(17)7-5-10)14(20)19-16-18-8-12(23-16)15(21)22-3/h4-9,13H,1-3H3,(H,18,19,20)/t13-/m1/s1. The number of nitrogens with zero attached hydrogens (tertiary/aromatic N) is 1. The van der Waals surface area contributed by atoms with Gasteiger partial charge in [-0.25, -0.2) is 9.78 Å². The van der Waals surface area contributed by atoms with Crippen LogP contribution in [-0.2, 0) is 9.53 Å². The second-order valence-corrected chi connectivity index (χ2v) is 6.75. The molecule has 1 aromatic carbocycles. The first-order valence-electron chi connectivity index (χ1n) is 7.03. The summed E-state index contributed by atoms with van der Waals surface area (Å²) in [5.41, 5.74) is 0.881. The van der Waals surface area contributed by atoms with E-state index in [1.807, 2.05) is 26.0 Å². The first-order chi connectivity index (χ1) is 10.9. The number of hydrogen-bond acceptors (Lipinski definition) is 5. The van der Waals surface area contributed by atoms with Crippen molar-refractivity contribution in [3.05, 3.63) is 45.9 Å². The van der Waals surface area contributed by atoms with Gasteiger partial charge in [0.2, 0.25) is 5.91 Å². The molecule has 0 unspecified atom stereocenters. The highest BCUT2D eigenvalue weighted by Crippen LogP contribution is 2.28. The van der Waals surface area contributed by atoms with Crippen LogP contribution >= 0.6 is 22.9 Å². The number of nitrogens with one attached hydrogen (secondary N) is 1. The van der Waals surface area contributed by atoms with E-state index in [-0.39, 0.29) is 17.7 Å². The molecule has 0 bridgehead atoms. The van der Waals surface area contributed by atoms with Crippen molar-refractivity contribution in [2.45, 2.75) is 19.8 Å². The molecule has 0 aliphatic rings. The molecule has 1 amide bonds. The zero-order chi connectivity index (χ0) is 17.0. The molecule has 122 valence electrons. The monoisotopic (exact) mass is 352 g/mol. The number of hydrogen-bond donors (Lipinski definition) is 1. The highest BCUT2D eigenvalue weighted by Gasteiger charge is 2.25. The molecule has 0 aliphatic carbocycles. The maximum Gasteiger partial charge on any atom is 0.349 e. The molecule has 1 aromatic heterocycles. The van der Waals surface area contributed by atoms with Crippen LogP contribution in [0.2, 0.25) is 5.02 Å². The minimum absolute atomic E-state index is 0.0937. The van der Waals surface area contributed by atoms with Gasteiger partial charge in [0, 0.05) is 5.02 Å². The Morgan fingerprint density at radius 1 is 1.26 bits per heavy atom. The largest absolute Gasteiger partial charge is 0.465 e. The summed E-state index contributed by atoms with van der Waals surface area (Å²) in [6.45, 7) is 3.95. The average Bonchev–Trinajstić information content (AvgIpc) is 2.96. The fourth-order valence-corrected chi connectivity index (χ4v) is 3.08. The molecule has 2 aromatic rings. The van der Waals surface area contributed by atoms with Crippen molar-refractivity contribution in [2.24, 2.45) is 5.92 Å². The molecule has 23 heavy (non-hydrogen) atoms. The molecule has 0 fully saturated rings. The number of ether oxygens (including phenoxy) is 1. The van der Waals surface area contributed by atoms with Gasteiger partial charge in [0.15, 0.2) is 5.13 Å². The summed E-state index contributed by atoms with van der Waals surface area (Å²) in [5.74, 6) is -0.886. The van der Waals surface area contributed by atoms with Crippen molar-refractivity contribution in [1.29, 1.82) is 0 Å². The second kappa shape index (κ2) is 7.57. The van der Waals surface area contributed by atoms with Crippen molar-refractivity contribution >= 4 is 39.9 Å². The quantitative estimate of drug-likeness (QED) is 0.827. The van der Waals surface area contributed by atoms with Crippen LogP contribution in [0.1, 0.15) is 35.0 Å². The predicted octanol–water partition coefficient (Wildman–Crippen LogP) is 3.96. The second-order valence-electron chi connectivity index (χ2n) is 5.28. The maximum atomic E-state index is 12.6. The minimum Gasteiger partial charge on any atom is -0.465 e. The highest BCUT2D eigenvalue weighted by atomic mass is 35.5. The van der Waals surface area contributed by atoms with E-state index in [2.05, 4.69) is 15.0 Å². The van der Waals surface area contributed by atoms with Crippen molar-refractivity contribution in [1.82, 2.24) is 4.98 Å². The van der Waals surface area contributed by atoms with Crippen LogP contribution in [0.5, 0.6) is 0 Å². The van der Waals surface area contributed by atoms with Crippen molar-refractivity contribution in [2.75, 3.05) is 12.4 Å². The topological polar surface area (TPSA) is 68.3 Å². The Morgan fingerprint density at radius 3 is 2.48 bits per heavy atom. The van der Waals surface area contributed by atoms with Gasteiger partial charge in [-0.15, -0.1) is 0 Å². The zero-order valence-electron chi connectivity index (χ0n) is 13.0. The number of carbonyl (C=O) groups excluding carboxylic acids is 2. The highest BCUT2D eigenvalue weighted by molar-refractivity contribution is 7.17. The van der Waals surface area contributed by atoms with Crippen molar-refractivity contribution < 1.29 is 14.3 Å². The first-order valence-corrected chi connectivity index (χ1v) is 8.22. The van der Waals surface area contributed by atoms with Crippen LogP contribution in [-0.4, -0.2) is 24.0 Å². The lowest BCUT2D eigenvalue weighted by Crippen LogP contribution is -2.25. The van der Waals surface area contributed by atoms with Crippen LogP contribution in [0.25, 0.3) is 0 Å². The van der Waals surface area contributed by atoms with Crippen LogP contribution in [0.4, 0.5) is 5.13 Å². The number of amides is 1. The van der Waals surface area contributed by atoms with E-state index >= 15 is 0 Å². The Morgan fingerprint density at radius 2 is 1.91 bits per heavy atom. The molecular formula is C16H17ClN2O3S. The van der Waals surface area contributed by atoms with Crippen LogP contribution < -0.4 is 5.32 Å². The minimum atomic E-state index is -0.471. The van der Waals surface area contributed by atoms with Gasteiger partial charge in [-0.05, 0) is 23.6 Å². The Hall–Kier alpha value is -1.92. The van der Waals surface area contributed by atoms with E-state index < -0.39 is 5.97 Å². The predicted molar refractivity (Wildman–Crippen MR) is 91.1 cm³/mol. The van der Waals surface area contributed by atoms with Gasteiger partial charge < -0.3 is 10.1 Å². The summed E-state index contributed by atoms with van der Waals surface area (Å²) >= 11 is 6.98. The SMILES string of the molecule is COC(=O)c1cnc(NC(=O)[C@@H](c2ccc(Cl)cc2)C(C)C)s1. The summed E-state index contributed by atoms with van der Waals surface area (Å²) in [6, 6.07) is 7.21. The van der Waals surface area contributed by atoms with Gasteiger partial charge in [-0.1, -0.05) is 48.9 Å². The Bertz CT molecular complexity index is 698. The molecule has 0 saturated heterocycles. The maximum absolute atomic E-state index is 12.6. The van der Waals surface area contributed by atoms with Gasteiger partial charge in [-0.3, -0.25) is 4.79 Å². The molecule has 1 N–H and O–H groups in total. The number of halogens is 1. The third kappa shape index (κ3) is 4.30. The number of rotatable bonds is 5.